The van der Waals surface area contributed by atoms with E-state index in [0.29, 0.717) is 25.1 Å². The Morgan fingerprint density at radius 1 is 1.00 bits per heavy atom. The van der Waals surface area contributed by atoms with E-state index in [-0.39, 0.29) is 37.4 Å². The van der Waals surface area contributed by atoms with Crippen LogP contribution in [0.1, 0.15) is 37.0 Å². The number of benzene rings is 1. The highest BCUT2D eigenvalue weighted by atomic mass is 35.5. The van der Waals surface area contributed by atoms with Gasteiger partial charge in [-0.1, -0.05) is 25.1 Å². The van der Waals surface area contributed by atoms with Crippen LogP contribution in [0, 0.1) is 34.5 Å². The van der Waals surface area contributed by atoms with Crippen LogP contribution in [0.3, 0.4) is 0 Å². The van der Waals surface area contributed by atoms with E-state index in [1.165, 1.54) is 14.0 Å². The minimum Gasteiger partial charge on any atom is -0.455 e. The molecule has 12 nitrogen and oxygen atoms in total. The van der Waals surface area contributed by atoms with Crippen LogP contribution in [0.5, 0.6) is 0 Å². The Kier molecular flexibility index (Phi) is 8.84. The lowest BCUT2D eigenvalue weighted by Gasteiger charge is -2.70. The highest BCUT2D eigenvalue weighted by Gasteiger charge is 2.92. The van der Waals surface area contributed by atoms with Gasteiger partial charge in [0.05, 0.1) is 30.5 Å². The summed E-state index contributed by atoms with van der Waals surface area (Å²) < 4.78 is 37.4. The smallest absolute Gasteiger partial charge is 0.338 e. The predicted octanol–water partition coefficient (Wildman–Crippen LogP) is 1.07. The molecule has 1 spiro atoms. The van der Waals surface area contributed by atoms with Crippen molar-refractivity contribution in [2.75, 3.05) is 48.1 Å². The summed E-state index contributed by atoms with van der Waals surface area (Å²) in [7, 11) is 6.27. The lowest BCUT2D eigenvalue weighted by atomic mass is 9.42. The molecule has 0 aromatic heterocycles. The van der Waals surface area contributed by atoms with Gasteiger partial charge in [0.1, 0.15) is 23.9 Å². The number of hydrogen-bond donors (Lipinski definition) is 3. The number of halogens is 1. The third-order valence-electron chi connectivity index (χ3n) is 13.2. The predicted molar refractivity (Wildman–Crippen MR) is 168 cm³/mol. The first kappa shape index (κ1) is 35.0. The molecule has 7 bridgehead atoms. The fourth-order valence-corrected chi connectivity index (χ4v) is 12.3. The molecule has 1 aliphatic heterocycles. The Hall–Kier alpha value is -1.87. The second kappa shape index (κ2) is 11.9. The number of nitrogens with zero attached hydrogens (tertiary/aromatic N) is 1. The van der Waals surface area contributed by atoms with Crippen LogP contribution in [0.15, 0.2) is 30.3 Å². The van der Waals surface area contributed by atoms with Crippen LogP contribution < -0.4 is 0 Å². The number of carbonyl (C=O) groups is 2. The summed E-state index contributed by atoms with van der Waals surface area (Å²) in [4.78, 5) is 29.3. The fraction of sp³-hybridized carbons (Fsp3) is 0.765. The Morgan fingerprint density at radius 3 is 2.28 bits per heavy atom. The van der Waals surface area contributed by atoms with Crippen molar-refractivity contribution in [3.8, 4) is 0 Å². The average Bonchev–Trinajstić information content (AvgIpc) is 3.41. The van der Waals surface area contributed by atoms with Gasteiger partial charge in [0.2, 0.25) is 0 Å². The quantitative estimate of drug-likeness (QED) is 0.320. The van der Waals surface area contributed by atoms with Gasteiger partial charge < -0.3 is 43.7 Å². The summed E-state index contributed by atoms with van der Waals surface area (Å²) in [5.74, 6) is -3.65. The van der Waals surface area contributed by atoms with Gasteiger partial charge in [-0.25, -0.2) is 4.79 Å². The van der Waals surface area contributed by atoms with E-state index in [1.54, 1.807) is 51.7 Å². The van der Waals surface area contributed by atoms with Crippen molar-refractivity contribution in [2.24, 2.45) is 34.5 Å². The summed E-state index contributed by atoms with van der Waals surface area (Å²) in [6, 6.07) is 8.18. The molecular formula is C34H48ClNO11. The largest absolute Gasteiger partial charge is 0.455 e. The summed E-state index contributed by atoms with van der Waals surface area (Å²) >= 11 is 0. The molecule has 1 aromatic rings. The van der Waals surface area contributed by atoms with Crippen LogP contribution in [-0.4, -0.2) is 134 Å². The molecule has 15 atom stereocenters. The molecule has 0 radical (unpaired) electrons. The lowest BCUT2D eigenvalue weighted by Crippen LogP contribution is -2.81. The number of piperidine rings is 1. The molecule has 7 rings (SSSR count). The number of carbonyl (C=O) groups excluding carboxylic acids is 2. The lowest BCUT2D eigenvalue weighted by molar-refractivity contribution is -0.322. The van der Waals surface area contributed by atoms with Crippen molar-refractivity contribution in [1.29, 1.82) is 0 Å². The Morgan fingerprint density at radius 2 is 1.70 bits per heavy atom. The monoisotopic (exact) mass is 681 g/mol. The van der Waals surface area contributed by atoms with Gasteiger partial charge in [-0.05, 0) is 31.0 Å². The first-order chi connectivity index (χ1) is 22.0. The van der Waals surface area contributed by atoms with Crippen LogP contribution in [0.4, 0.5) is 0 Å². The molecule has 3 N–H and O–H groups in total. The van der Waals surface area contributed by atoms with E-state index in [0.717, 1.165) is 0 Å². The fourth-order valence-electron chi connectivity index (χ4n) is 12.3. The normalized spacial score (nSPS) is 48.8. The summed E-state index contributed by atoms with van der Waals surface area (Å²) in [5, 5.41) is 37.3. The summed E-state index contributed by atoms with van der Waals surface area (Å²) in [6.07, 6.45) is -5.49. The van der Waals surface area contributed by atoms with E-state index in [1.807, 2.05) is 6.92 Å². The van der Waals surface area contributed by atoms with E-state index in [4.69, 9.17) is 28.4 Å². The number of aliphatic hydroxyl groups excluding tert-OH is 2. The van der Waals surface area contributed by atoms with Gasteiger partial charge in [-0.3, -0.25) is 9.69 Å². The molecule has 47 heavy (non-hydrogen) atoms. The molecule has 262 valence electrons. The summed E-state index contributed by atoms with van der Waals surface area (Å²) in [6.45, 7) is 4.68. The van der Waals surface area contributed by atoms with Crippen LogP contribution in [-0.2, 0) is 33.2 Å². The molecule has 1 heterocycles. The SMILES string of the molecule is CCN1C[C@@]2(COC)C3[C@@H](OC)C4[C@@H]1C3([C@@H]1C[C@@]3(O)[C@H](OC(=O)c5ccccc5)[C@@H]1[C@]4(OC(C)=O)[C@@H](O)[C@@H]3OC)[C@H](OC)C[C@H]2O.Cl. The minimum atomic E-state index is -1.83. The standard InChI is InChI=1S/C34H47NO11.ClH/c1-7-35-15-31(16-41-3)20(37)13-21(42-4)33-19-14-32(40)28(45-30(39)18-11-9-8-10-12-18)22(19)34(46-17(2)36,27(38)29(32)44-6)23(26(33)35)24(43-5)25(31)33;/h8-12,19-29,37-38,40H,7,13-16H2,1-6H3;1H/t19-,20-,21-,22-,23?,24+,25?,26-,27+,28-,29+,31+,32-,33?,34-;/m1./s1. The van der Waals surface area contributed by atoms with Crippen molar-refractivity contribution in [1.82, 2.24) is 4.90 Å². The van der Waals surface area contributed by atoms with E-state index >= 15 is 0 Å². The molecule has 6 fully saturated rings. The van der Waals surface area contributed by atoms with Crippen LogP contribution >= 0.6 is 12.4 Å². The number of fused-ring (bicyclic) bond motifs is 2. The Labute approximate surface area is 281 Å². The molecule has 1 saturated heterocycles. The molecule has 6 aliphatic rings. The molecule has 5 aliphatic carbocycles. The number of aliphatic hydroxyl groups is 3. The van der Waals surface area contributed by atoms with Crippen molar-refractivity contribution in [3.63, 3.8) is 0 Å². The maximum Gasteiger partial charge on any atom is 0.338 e. The first-order valence-electron chi connectivity index (χ1n) is 16.3. The maximum absolute atomic E-state index is 13.8. The van der Waals surface area contributed by atoms with Crippen molar-refractivity contribution in [2.45, 2.75) is 80.6 Å². The number of esters is 2. The number of ether oxygens (including phenoxy) is 6. The van der Waals surface area contributed by atoms with Crippen molar-refractivity contribution in [3.05, 3.63) is 35.9 Å². The van der Waals surface area contributed by atoms with Crippen molar-refractivity contribution < 1.29 is 53.3 Å². The molecule has 0 amide bonds. The number of hydrogen-bond acceptors (Lipinski definition) is 12. The van der Waals surface area contributed by atoms with Gasteiger partial charge in [-0.2, -0.15) is 0 Å². The first-order valence-corrected chi connectivity index (χ1v) is 16.3. The van der Waals surface area contributed by atoms with Crippen LogP contribution in [0.2, 0.25) is 0 Å². The second-order valence-corrected chi connectivity index (χ2v) is 14.4. The summed E-state index contributed by atoms with van der Waals surface area (Å²) in [5.41, 5.74) is -4.79. The van der Waals surface area contributed by atoms with Crippen LogP contribution in [0.25, 0.3) is 0 Å². The zero-order valence-corrected chi connectivity index (χ0v) is 28.6. The van der Waals surface area contributed by atoms with Crippen molar-refractivity contribution >= 4 is 24.3 Å². The highest BCUT2D eigenvalue weighted by Crippen LogP contribution is 2.80. The molecule has 5 saturated carbocycles. The zero-order valence-electron chi connectivity index (χ0n) is 27.7. The van der Waals surface area contributed by atoms with Gasteiger partial charge in [0, 0.05) is 83.0 Å². The molecular weight excluding hydrogens is 634 g/mol. The number of likely N-dealkylation sites (tertiary alicyclic amines) is 1. The topological polar surface area (TPSA) is 153 Å². The average molecular weight is 682 g/mol. The Balaban J connectivity index is 0.00000386. The maximum atomic E-state index is 13.8. The van der Waals surface area contributed by atoms with Gasteiger partial charge in [0.25, 0.3) is 0 Å². The van der Waals surface area contributed by atoms with Gasteiger partial charge in [-0.15, -0.1) is 12.4 Å². The molecule has 13 heteroatoms. The zero-order chi connectivity index (χ0) is 33.0. The van der Waals surface area contributed by atoms with E-state index < -0.39 is 88.3 Å². The van der Waals surface area contributed by atoms with Gasteiger partial charge >= 0.3 is 11.9 Å². The minimum absolute atomic E-state index is 0. The van der Waals surface area contributed by atoms with E-state index in [9.17, 15) is 24.9 Å². The molecule has 1 aromatic carbocycles. The molecule has 3 unspecified atom stereocenters. The van der Waals surface area contributed by atoms with Gasteiger partial charge in [0.15, 0.2) is 5.60 Å². The third-order valence-corrected chi connectivity index (χ3v) is 13.2. The Bertz CT molecular complexity index is 1370. The van der Waals surface area contributed by atoms with E-state index in [2.05, 4.69) is 4.90 Å². The third kappa shape index (κ3) is 4.05. The number of rotatable bonds is 9. The highest BCUT2D eigenvalue weighted by molar-refractivity contribution is 5.89. The second-order valence-electron chi connectivity index (χ2n) is 14.4. The number of methoxy groups -OCH3 is 4.